The second-order valence-corrected chi connectivity index (χ2v) is 10.1. The summed E-state index contributed by atoms with van der Waals surface area (Å²) in [7, 11) is 4.89. The van der Waals surface area contributed by atoms with E-state index in [4.69, 9.17) is 19.2 Å². The molecule has 184 valence electrons. The van der Waals surface area contributed by atoms with Crippen molar-refractivity contribution in [3.8, 4) is 17.2 Å². The second-order valence-electron chi connectivity index (χ2n) is 9.16. The van der Waals surface area contributed by atoms with E-state index in [2.05, 4.69) is 16.0 Å². The van der Waals surface area contributed by atoms with Gasteiger partial charge in [-0.3, -0.25) is 9.69 Å². The molecule has 0 saturated heterocycles. The summed E-state index contributed by atoms with van der Waals surface area (Å²) in [6, 6.07) is 11.5. The zero-order valence-corrected chi connectivity index (χ0v) is 21.3. The molecule has 0 aromatic heterocycles. The summed E-state index contributed by atoms with van der Waals surface area (Å²) >= 11 is 1.62. The minimum absolute atomic E-state index is 0.0807. The third-order valence-corrected chi connectivity index (χ3v) is 8.01. The lowest BCUT2D eigenvalue weighted by Gasteiger charge is -2.33. The van der Waals surface area contributed by atoms with Gasteiger partial charge in [0.05, 0.1) is 27.0 Å². The van der Waals surface area contributed by atoms with Crippen molar-refractivity contribution in [1.29, 1.82) is 0 Å². The lowest BCUT2D eigenvalue weighted by molar-refractivity contribution is -0.120. The number of carbonyl (C=O) groups excluding carboxylic acids is 1. The highest BCUT2D eigenvalue weighted by Gasteiger charge is 2.43. The molecule has 2 aliphatic heterocycles. The predicted molar refractivity (Wildman–Crippen MR) is 139 cm³/mol. The molecule has 1 unspecified atom stereocenters. The normalized spacial score (nSPS) is 19.6. The maximum absolute atomic E-state index is 13.2. The monoisotopic (exact) mass is 493 g/mol. The molecule has 5 rings (SSSR count). The molecule has 1 amide bonds. The summed E-state index contributed by atoms with van der Waals surface area (Å²) in [6.45, 7) is 0. The molecule has 1 atom stereocenters. The molecule has 0 radical (unpaired) electrons. The van der Waals surface area contributed by atoms with E-state index in [1.54, 1.807) is 33.1 Å². The predicted octanol–water partition coefficient (Wildman–Crippen LogP) is 5.57. The van der Waals surface area contributed by atoms with Crippen molar-refractivity contribution < 1.29 is 19.0 Å². The number of nitrogens with zero attached hydrogens (tertiary/aromatic N) is 3. The molecule has 1 saturated carbocycles. The highest BCUT2D eigenvalue weighted by Crippen LogP contribution is 2.42. The fraction of sp³-hybridized carbons (Fsp3) is 0.444. The smallest absolute Gasteiger partial charge is 0.270 e. The van der Waals surface area contributed by atoms with Gasteiger partial charge in [-0.25, -0.2) is 4.99 Å². The number of thioether (sulfide) groups is 1. The van der Waals surface area contributed by atoms with Crippen LogP contribution in [-0.2, 0) is 10.5 Å². The van der Waals surface area contributed by atoms with Crippen molar-refractivity contribution in [2.24, 2.45) is 15.9 Å². The quantitative estimate of drug-likeness (QED) is 0.502. The van der Waals surface area contributed by atoms with Gasteiger partial charge < -0.3 is 14.2 Å². The van der Waals surface area contributed by atoms with Gasteiger partial charge in [-0.15, -0.1) is 0 Å². The molecule has 8 heteroatoms. The van der Waals surface area contributed by atoms with Gasteiger partial charge in [-0.2, -0.15) is 4.99 Å². The number of amides is 1. The SMILES string of the molecule is COc1cccc(CSC2=Nc3cc(OC)c(OC)cc3C3=NC(=O)C(CC4CCCCC4)N23)c1. The first kappa shape index (κ1) is 23.7. The van der Waals surface area contributed by atoms with Gasteiger partial charge in [0.15, 0.2) is 16.7 Å². The minimum atomic E-state index is -0.314. The van der Waals surface area contributed by atoms with Crippen molar-refractivity contribution >= 4 is 34.4 Å². The zero-order valence-electron chi connectivity index (χ0n) is 20.5. The Bertz CT molecular complexity index is 1170. The average molecular weight is 494 g/mol. The molecule has 1 aliphatic carbocycles. The van der Waals surface area contributed by atoms with Gasteiger partial charge in [0.25, 0.3) is 5.91 Å². The number of amidine groups is 2. The van der Waals surface area contributed by atoms with Crippen LogP contribution < -0.4 is 14.2 Å². The fourth-order valence-corrected chi connectivity index (χ4v) is 6.15. The van der Waals surface area contributed by atoms with Gasteiger partial charge in [0, 0.05) is 17.4 Å². The minimum Gasteiger partial charge on any atom is -0.497 e. The Morgan fingerprint density at radius 1 is 0.971 bits per heavy atom. The Kier molecular flexibility index (Phi) is 7.00. The molecule has 0 spiro atoms. The van der Waals surface area contributed by atoms with Crippen LogP contribution in [-0.4, -0.2) is 49.2 Å². The van der Waals surface area contributed by atoms with E-state index in [1.165, 1.54) is 32.1 Å². The molecule has 7 nitrogen and oxygen atoms in total. The molecule has 1 fully saturated rings. The van der Waals surface area contributed by atoms with E-state index >= 15 is 0 Å². The molecule has 2 aromatic carbocycles. The van der Waals surface area contributed by atoms with Crippen LogP contribution >= 0.6 is 11.8 Å². The van der Waals surface area contributed by atoms with E-state index in [1.807, 2.05) is 30.3 Å². The zero-order chi connectivity index (χ0) is 24.4. The average Bonchev–Trinajstić information content (AvgIpc) is 3.23. The first-order valence-corrected chi connectivity index (χ1v) is 13.1. The number of hydrogen-bond donors (Lipinski definition) is 0. The number of carbonyl (C=O) groups is 1. The Morgan fingerprint density at radius 2 is 1.74 bits per heavy atom. The van der Waals surface area contributed by atoms with Crippen LogP contribution in [0.1, 0.15) is 49.7 Å². The fourth-order valence-electron chi connectivity index (χ4n) is 5.16. The van der Waals surface area contributed by atoms with Crippen LogP contribution in [0.3, 0.4) is 0 Å². The van der Waals surface area contributed by atoms with E-state index in [9.17, 15) is 4.79 Å². The van der Waals surface area contributed by atoms with E-state index in [0.29, 0.717) is 29.0 Å². The van der Waals surface area contributed by atoms with Crippen LogP contribution in [0.25, 0.3) is 0 Å². The third-order valence-electron chi connectivity index (χ3n) is 6.99. The lowest BCUT2D eigenvalue weighted by atomic mass is 9.84. The molecule has 0 bridgehead atoms. The highest BCUT2D eigenvalue weighted by atomic mass is 32.2. The largest absolute Gasteiger partial charge is 0.497 e. The molecule has 2 aromatic rings. The Morgan fingerprint density at radius 3 is 2.49 bits per heavy atom. The van der Waals surface area contributed by atoms with Gasteiger partial charge in [0.2, 0.25) is 0 Å². The van der Waals surface area contributed by atoms with Crippen molar-refractivity contribution in [2.45, 2.75) is 50.3 Å². The number of methoxy groups -OCH3 is 3. The van der Waals surface area contributed by atoms with Gasteiger partial charge >= 0.3 is 0 Å². The molecule has 2 heterocycles. The molecular weight excluding hydrogens is 462 g/mol. The first-order chi connectivity index (χ1) is 17.1. The summed E-state index contributed by atoms with van der Waals surface area (Å²) in [6.07, 6.45) is 6.94. The molecule has 3 aliphatic rings. The van der Waals surface area contributed by atoms with Gasteiger partial charge in [0.1, 0.15) is 17.6 Å². The third kappa shape index (κ3) is 4.76. The Hall–Kier alpha value is -3.00. The molecular formula is C27H31N3O4S. The van der Waals surface area contributed by atoms with Crippen LogP contribution in [0.5, 0.6) is 17.2 Å². The topological polar surface area (TPSA) is 72.7 Å². The maximum atomic E-state index is 13.2. The first-order valence-electron chi connectivity index (χ1n) is 12.1. The number of fused-ring (bicyclic) bond motifs is 3. The standard InChI is InChI=1S/C27H31N3O4S/c1-32-19-11-7-10-18(12-19)16-35-27-28-21-15-24(34-3)23(33-2)14-20(21)25-29-26(31)22(30(25)27)13-17-8-5-4-6-9-17/h7,10-12,14-15,17,22H,4-6,8-9,13,16H2,1-3H3. The molecule has 0 N–H and O–H groups in total. The Labute approximate surface area is 210 Å². The van der Waals surface area contributed by atoms with Crippen LogP contribution in [0.2, 0.25) is 0 Å². The number of rotatable bonds is 7. The summed E-state index contributed by atoms with van der Waals surface area (Å²) < 4.78 is 16.4. The summed E-state index contributed by atoms with van der Waals surface area (Å²) in [5, 5.41) is 0.790. The number of aliphatic imine (C=N–C) groups is 2. The number of ether oxygens (including phenoxy) is 3. The van der Waals surface area contributed by atoms with Crippen molar-refractivity contribution in [2.75, 3.05) is 21.3 Å². The second kappa shape index (κ2) is 10.3. The van der Waals surface area contributed by atoms with Crippen molar-refractivity contribution in [3.05, 3.63) is 47.5 Å². The van der Waals surface area contributed by atoms with E-state index in [-0.39, 0.29) is 11.9 Å². The molecule has 35 heavy (non-hydrogen) atoms. The highest BCUT2D eigenvalue weighted by molar-refractivity contribution is 8.13. The number of benzene rings is 2. The van der Waals surface area contributed by atoms with Crippen molar-refractivity contribution in [1.82, 2.24) is 4.90 Å². The van der Waals surface area contributed by atoms with E-state index in [0.717, 1.165) is 34.2 Å². The van der Waals surface area contributed by atoms with Crippen LogP contribution in [0, 0.1) is 5.92 Å². The summed E-state index contributed by atoms with van der Waals surface area (Å²) in [5.74, 6) is 3.85. The van der Waals surface area contributed by atoms with Crippen LogP contribution in [0.15, 0.2) is 46.4 Å². The summed E-state index contributed by atoms with van der Waals surface area (Å²) in [5.41, 5.74) is 2.66. The number of hydrogen-bond acceptors (Lipinski definition) is 7. The van der Waals surface area contributed by atoms with E-state index < -0.39 is 0 Å². The lowest BCUT2D eigenvalue weighted by Crippen LogP contribution is -2.44. The van der Waals surface area contributed by atoms with Crippen LogP contribution in [0.4, 0.5) is 5.69 Å². The summed E-state index contributed by atoms with van der Waals surface area (Å²) in [4.78, 5) is 24.9. The van der Waals surface area contributed by atoms with Gasteiger partial charge in [-0.1, -0.05) is 56.0 Å². The van der Waals surface area contributed by atoms with Gasteiger partial charge in [-0.05, 0) is 36.1 Å². The Balaban J connectivity index is 1.50. The maximum Gasteiger partial charge on any atom is 0.270 e. The van der Waals surface area contributed by atoms with Crippen molar-refractivity contribution in [3.63, 3.8) is 0 Å².